The van der Waals surface area contributed by atoms with Crippen LogP contribution in [-0.4, -0.2) is 35.0 Å². The Morgan fingerprint density at radius 3 is 2.06 bits per heavy atom. The summed E-state index contributed by atoms with van der Waals surface area (Å²) in [6.45, 7) is 12.4. The second-order valence-electron chi connectivity index (χ2n) is 5.99. The molecule has 1 fully saturated rings. The van der Waals surface area contributed by atoms with Crippen molar-refractivity contribution in [3.63, 3.8) is 0 Å². The van der Waals surface area contributed by atoms with E-state index in [2.05, 4.69) is 27.3 Å². The molecule has 0 spiro atoms. The van der Waals surface area contributed by atoms with Gasteiger partial charge in [-0.1, -0.05) is 27.2 Å². The monoisotopic (exact) mass is 274 g/mol. The molecule has 0 bridgehead atoms. The highest BCUT2D eigenvalue weighted by molar-refractivity contribution is 6.66. The SMILES string of the molecule is CCCO[Si](C)(CCCC1(C)COC1)OCCC. The van der Waals surface area contributed by atoms with Crippen molar-refractivity contribution in [1.82, 2.24) is 0 Å². The van der Waals surface area contributed by atoms with Gasteiger partial charge in [0, 0.05) is 18.6 Å². The Bertz CT molecular complexity index is 221. The fraction of sp³-hybridized carbons (Fsp3) is 1.00. The highest BCUT2D eigenvalue weighted by Crippen LogP contribution is 2.33. The van der Waals surface area contributed by atoms with Gasteiger partial charge in [0.1, 0.15) is 0 Å². The smallest absolute Gasteiger partial charge is 0.334 e. The second-order valence-corrected chi connectivity index (χ2v) is 9.33. The minimum absolute atomic E-state index is 0.421. The third-order valence-corrected chi connectivity index (χ3v) is 6.43. The Morgan fingerprint density at radius 2 is 1.67 bits per heavy atom. The first-order valence-electron chi connectivity index (χ1n) is 7.39. The lowest BCUT2D eigenvalue weighted by Gasteiger charge is -2.38. The summed E-state index contributed by atoms with van der Waals surface area (Å²) in [6.07, 6.45) is 4.59. The zero-order chi connectivity index (χ0) is 13.5. The minimum Gasteiger partial charge on any atom is -0.394 e. The first-order valence-corrected chi connectivity index (χ1v) is 9.91. The zero-order valence-electron chi connectivity index (χ0n) is 12.6. The summed E-state index contributed by atoms with van der Waals surface area (Å²) < 4.78 is 17.4. The van der Waals surface area contributed by atoms with Gasteiger partial charge in [-0.3, -0.25) is 0 Å². The van der Waals surface area contributed by atoms with Crippen LogP contribution in [0.3, 0.4) is 0 Å². The third-order valence-electron chi connectivity index (χ3n) is 3.54. The van der Waals surface area contributed by atoms with Crippen molar-refractivity contribution in [2.45, 2.75) is 59.0 Å². The molecule has 1 aliphatic heterocycles. The summed E-state index contributed by atoms with van der Waals surface area (Å²) >= 11 is 0. The Kier molecular flexibility index (Phi) is 6.85. The van der Waals surface area contributed by atoms with E-state index in [9.17, 15) is 0 Å². The third kappa shape index (κ3) is 5.39. The van der Waals surface area contributed by atoms with Crippen LogP contribution in [0.1, 0.15) is 46.5 Å². The number of hydrogen-bond acceptors (Lipinski definition) is 3. The Morgan fingerprint density at radius 1 is 1.11 bits per heavy atom. The van der Waals surface area contributed by atoms with Crippen LogP contribution in [0, 0.1) is 5.41 Å². The maximum absolute atomic E-state index is 6.03. The molecule has 0 amide bonds. The van der Waals surface area contributed by atoms with E-state index in [0.29, 0.717) is 5.41 Å². The maximum Gasteiger partial charge on any atom is 0.334 e. The van der Waals surface area contributed by atoms with E-state index in [4.69, 9.17) is 13.6 Å². The molecule has 1 heterocycles. The summed E-state index contributed by atoms with van der Waals surface area (Å²) in [7, 11) is -1.92. The molecule has 0 saturated carbocycles. The summed E-state index contributed by atoms with van der Waals surface area (Å²) in [6, 6.07) is 1.11. The lowest BCUT2D eigenvalue weighted by atomic mass is 9.84. The fourth-order valence-corrected chi connectivity index (χ4v) is 4.72. The van der Waals surface area contributed by atoms with Crippen LogP contribution in [0.25, 0.3) is 0 Å². The number of rotatable bonds is 10. The molecule has 0 atom stereocenters. The highest BCUT2D eigenvalue weighted by atomic mass is 28.4. The van der Waals surface area contributed by atoms with Crippen molar-refractivity contribution in [2.24, 2.45) is 5.41 Å². The summed E-state index contributed by atoms with van der Waals surface area (Å²) in [5.41, 5.74) is 0.421. The lowest BCUT2D eigenvalue weighted by molar-refractivity contribution is -0.106. The van der Waals surface area contributed by atoms with Gasteiger partial charge in [0.05, 0.1) is 13.2 Å². The largest absolute Gasteiger partial charge is 0.394 e. The minimum atomic E-state index is -1.92. The quantitative estimate of drug-likeness (QED) is 0.568. The molecule has 1 rings (SSSR count). The Labute approximate surface area is 113 Å². The van der Waals surface area contributed by atoms with Gasteiger partial charge >= 0.3 is 8.56 Å². The first-order chi connectivity index (χ1) is 8.54. The molecule has 1 aliphatic rings. The number of ether oxygens (including phenoxy) is 1. The molecule has 0 aliphatic carbocycles. The normalized spacial score (nSPS) is 18.7. The fourth-order valence-electron chi connectivity index (χ4n) is 2.25. The van der Waals surface area contributed by atoms with Gasteiger partial charge in [0.25, 0.3) is 0 Å². The van der Waals surface area contributed by atoms with Crippen LogP contribution in [0.5, 0.6) is 0 Å². The van der Waals surface area contributed by atoms with Crippen molar-refractivity contribution in [1.29, 1.82) is 0 Å². The molecular formula is C14H30O3Si. The second kappa shape index (κ2) is 7.63. The number of hydrogen-bond donors (Lipinski definition) is 0. The predicted molar refractivity (Wildman–Crippen MR) is 77.1 cm³/mol. The van der Waals surface area contributed by atoms with Crippen LogP contribution < -0.4 is 0 Å². The Hall–Kier alpha value is 0.0969. The predicted octanol–water partition coefficient (Wildman–Crippen LogP) is 3.73. The van der Waals surface area contributed by atoms with E-state index >= 15 is 0 Å². The van der Waals surface area contributed by atoms with Crippen LogP contribution in [0.15, 0.2) is 0 Å². The molecule has 0 aromatic rings. The summed E-state index contributed by atoms with van der Waals surface area (Å²) in [4.78, 5) is 0. The van der Waals surface area contributed by atoms with Crippen molar-refractivity contribution in [3.8, 4) is 0 Å². The van der Waals surface area contributed by atoms with E-state index in [1.165, 1.54) is 12.8 Å². The molecule has 1 saturated heterocycles. The molecule has 0 unspecified atom stereocenters. The van der Waals surface area contributed by atoms with Gasteiger partial charge in [-0.15, -0.1) is 0 Å². The van der Waals surface area contributed by atoms with Crippen LogP contribution >= 0.6 is 0 Å². The van der Waals surface area contributed by atoms with Crippen molar-refractivity contribution in [3.05, 3.63) is 0 Å². The van der Waals surface area contributed by atoms with Crippen LogP contribution in [0.2, 0.25) is 12.6 Å². The maximum atomic E-state index is 6.03. The van der Waals surface area contributed by atoms with E-state index in [0.717, 1.165) is 45.3 Å². The molecule has 108 valence electrons. The Balaban J connectivity index is 2.29. The van der Waals surface area contributed by atoms with E-state index in [-0.39, 0.29) is 0 Å². The molecule has 4 heteroatoms. The zero-order valence-corrected chi connectivity index (χ0v) is 13.6. The van der Waals surface area contributed by atoms with Gasteiger partial charge in [0.15, 0.2) is 0 Å². The molecule has 0 N–H and O–H groups in total. The lowest BCUT2D eigenvalue weighted by Crippen LogP contribution is -2.42. The molecule has 3 nitrogen and oxygen atoms in total. The summed E-state index contributed by atoms with van der Waals surface area (Å²) in [5.74, 6) is 0. The highest BCUT2D eigenvalue weighted by Gasteiger charge is 2.36. The van der Waals surface area contributed by atoms with Crippen molar-refractivity contribution in [2.75, 3.05) is 26.4 Å². The molecular weight excluding hydrogens is 244 g/mol. The van der Waals surface area contributed by atoms with Gasteiger partial charge < -0.3 is 13.6 Å². The van der Waals surface area contributed by atoms with E-state index in [1.807, 2.05) is 0 Å². The van der Waals surface area contributed by atoms with E-state index in [1.54, 1.807) is 0 Å². The molecule has 0 radical (unpaired) electrons. The standard InChI is InChI=1S/C14H30O3Si/c1-5-9-16-18(4,17-10-6-2)11-7-8-14(3)12-15-13-14/h5-13H2,1-4H3. The summed E-state index contributed by atoms with van der Waals surface area (Å²) in [5, 5.41) is 0. The van der Waals surface area contributed by atoms with Gasteiger partial charge in [0.2, 0.25) is 0 Å². The average Bonchev–Trinajstić information content (AvgIpc) is 2.32. The molecule has 0 aromatic heterocycles. The topological polar surface area (TPSA) is 27.7 Å². The van der Waals surface area contributed by atoms with E-state index < -0.39 is 8.56 Å². The molecule has 18 heavy (non-hydrogen) atoms. The first kappa shape index (κ1) is 16.2. The van der Waals surface area contributed by atoms with Gasteiger partial charge in [-0.25, -0.2) is 0 Å². The average molecular weight is 274 g/mol. The van der Waals surface area contributed by atoms with Gasteiger partial charge in [-0.2, -0.15) is 0 Å². The van der Waals surface area contributed by atoms with Crippen LogP contribution in [0.4, 0.5) is 0 Å². The van der Waals surface area contributed by atoms with Crippen LogP contribution in [-0.2, 0) is 13.6 Å². The van der Waals surface area contributed by atoms with Crippen molar-refractivity contribution < 1.29 is 13.6 Å². The van der Waals surface area contributed by atoms with Crippen molar-refractivity contribution >= 4 is 8.56 Å². The van der Waals surface area contributed by atoms with Gasteiger partial charge in [-0.05, 0) is 31.9 Å². The molecule has 0 aromatic carbocycles.